The van der Waals surface area contributed by atoms with Crippen LogP contribution in [0.25, 0.3) is 11.0 Å². The number of nitrogens with zero attached hydrogens (tertiary/aromatic N) is 3. The zero-order chi connectivity index (χ0) is 15.4. The molecule has 118 valence electrons. The van der Waals surface area contributed by atoms with Crippen LogP contribution in [-0.2, 0) is 16.1 Å². The van der Waals surface area contributed by atoms with Crippen LogP contribution >= 0.6 is 11.7 Å². The van der Waals surface area contributed by atoms with E-state index in [9.17, 15) is 4.79 Å². The molecule has 1 N–H and O–H groups in total. The van der Waals surface area contributed by atoms with E-state index in [4.69, 9.17) is 4.74 Å². The molecule has 1 aliphatic rings. The zero-order valence-electron chi connectivity index (χ0n) is 12.6. The fraction of sp³-hybridized carbons (Fsp3) is 0.533. The van der Waals surface area contributed by atoms with E-state index in [-0.39, 0.29) is 12.0 Å². The predicted octanol–water partition coefficient (Wildman–Crippen LogP) is 1.42. The van der Waals surface area contributed by atoms with Crippen molar-refractivity contribution >= 4 is 28.7 Å². The van der Waals surface area contributed by atoms with Gasteiger partial charge in [0, 0.05) is 19.7 Å². The Labute approximate surface area is 133 Å². The number of ether oxygens (including phenoxy) is 1. The van der Waals surface area contributed by atoms with Gasteiger partial charge in [-0.1, -0.05) is 6.07 Å². The maximum Gasteiger partial charge on any atom is 0.234 e. The first-order valence-corrected chi connectivity index (χ1v) is 8.22. The number of rotatable bonds is 6. The molecule has 22 heavy (non-hydrogen) atoms. The Hall–Kier alpha value is -1.57. The lowest BCUT2D eigenvalue weighted by atomic mass is 10.2. The maximum atomic E-state index is 11.9. The van der Waals surface area contributed by atoms with E-state index in [1.54, 1.807) is 0 Å². The largest absolute Gasteiger partial charge is 0.376 e. The minimum atomic E-state index is 0.0365. The predicted molar refractivity (Wildman–Crippen MR) is 85.7 cm³/mol. The third-order valence-corrected chi connectivity index (χ3v) is 4.29. The minimum absolute atomic E-state index is 0.0365. The molecule has 0 radical (unpaired) electrons. The minimum Gasteiger partial charge on any atom is -0.376 e. The molecule has 7 heteroatoms. The first kappa shape index (κ1) is 15.3. The first-order chi connectivity index (χ1) is 10.7. The molecule has 0 saturated carbocycles. The lowest BCUT2D eigenvalue weighted by Crippen LogP contribution is -2.38. The molecule has 1 amide bonds. The highest BCUT2D eigenvalue weighted by Gasteiger charge is 2.16. The molecule has 1 saturated heterocycles. The van der Waals surface area contributed by atoms with E-state index in [1.165, 1.54) is 11.7 Å². The smallest absolute Gasteiger partial charge is 0.234 e. The number of amides is 1. The van der Waals surface area contributed by atoms with Crippen LogP contribution in [-0.4, -0.2) is 52.4 Å². The van der Waals surface area contributed by atoms with Crippen molar-refractivity contribution in [1.29, 1.82) is 0 Å². The van der Waals surface area contributed by atoms with E-state index in [0.717, 1.165) is 36.0 Å². The molecule has 1 aromatic heterocycles. The van der Waals surface area contributed by atoms with Crippen molar-refractivity contribution in [3.8, 4) is 0 Å². The molecule has 1 aliphatic heterocycles. The Balaban J connectivity index is 1.46. The van der Waals surface area contributed by atoms with Gasteiger partial charge in [0.1, 0.15) is 11.0 Å². The number of carbonyl (C=O) groups excluding carboxylic acids is 1. The van der Waals surface area contributed by atoms with Gasteiger partial charge in [0.05, 0.1) is 24.4 Å². The highest BCUT2D eigenvalue weighted by molar-refractivity contribution is 7.00. The second kappa shape index (κ2) is 7.13. The van der Waals surface area contributed by atoms with E-state index >= 15 is 0 Å². The topological polar surface area (TPSA) is 67.4 Å². The summed E-state index contributed by atoms with van der Waals surface area (Å²) in [7, 11) is 1.94. The van der Waals surface area contributed by atoms with Gasteiger partial charge in [-0.15, -0.1) is 0 Å². The zero-order valence-corrected chi connectivity index (χ0v) is 13.4. The average molecular weight is 320 g/mol. The molecule has 1 unspecified atom stereocenters. The van der Waals surface area contributed by atoms with Gasteiger partial charge in [0.15, 0.2) is 0 Å². The van der Waals surface area contributed by atoms with Crippen LogP contribution in [0.4, 0.5) is 0 Å². The molecular weight excluding hydrogens is 300 g/mol. The highest BCUT2D eigenvalue weighted by atomic mass is 32.1. The number of fused-ring (bicyclic) bond motifs is 1. The number of hydrogen-bond donors (Lipinski definition) is 1. The number of aromatic nitrogens is 2. The Kier molecular flexibility index (Phi) is 4.97. The molecule has 2 heterocycles. The van der Waals surface area contributed by atoms with Crippen molar-refractivity contribution in [1.82, 2.24) is 19.0 Å². The molecule has 1 fully saturated rings. The Morgan fingerprint density at radius 3 is 3.14 bits per heavy atom. The van der Waals surface area contributed by atoms with Crippen LogP contribution < -0.4 is 5.32 Å². The van der Waals surface area contributed by atoms with Crippen molar-refractivity contribution in [2.45, 2.75) is 25.5 Å². The molecule has 0 aliphatic carbocycles. The van der Waals surface area contributed by atoms with Crippen molar-refractivity contribution in [2.24, 2.45) is 0 Å². The molecule has 0 spiro atoms. The number of nitrogens with one attached hydrogen (secondary N) is 1. The van der Waals surface area contributed by atoms with E-state index in [1.807, 2.05) is 30.1 Å². The van der Waals surface area contributed by atoms with Gasteiger partial charge >= 0.3 is 0 Å². The summed E-state index contributed by atoms with van der Waals surface area (Å²) in [5.41, 5.74) is 2.97. The van der Waals surface area contributed by atoms with Gasteiger partial charge in [-0.05, 0) is 37.6 Å². The van der Waals surface area contributed by atoms with E-state index in [2.05, 4.69) is 14.1 Å². The average Bonchev–Trinajstić information content (AvgIpc) is 3.15. The highest BCUT2D eigenvalue weighted by Crippen LogP contribution is 2.14. The fourth-order valence-electron chi connectivity index (χ4n) is 2.63. The number of hydrogen-bond acceptors (Lipinski definition) is 6. The summed E-state index contributed by atoms with van der Waals surface area (Å²) in [4.78, 5) is 13.9. The third kappa shape index (κ3) is 4.00. The third-order valence-electron chi connectivity index (χ3n) is 3.74. The van der Waals surface area contributed by atoms with Crippen molar-refractivity contribution < 1.29 is 9.53 Å². The van der Waals surface area contributed by atoms with Crippen LogP contribution in [0.2, 0.25) is 0 Å². The molecule has 0 bridgehead atoms. The Morgan fingerprint density at radius 1 is 1.45 bits per heavy atom. The lowest BCUT2D eigenvalue weighted by Gasteiger charge is -2.17. The Bertz CT molecular complexity index is 639. The summed E-state index contributed by atoms with van der Waals surface area (Å²) < 4.78 is 13.9. The molecule has 2 aromatic rings. The molecule has 1 aromatic carbocycles. The van der Waals surface area contributed by atoms with Gasteiger partial charge in [0.2, 0.25) is 5.91 Å². The summed E-state index contributed by atoms with van der Waals surface area (Å²) >= 11 is 1.22. The van der Waals surface area contributed by atoms with Crippen LogP contribution in [0.1, 0.15) is 18.4 Å². The second-order valence-corrected chi connectivity index (χ2v) is 6.23. The number of likely N-dealkylation sites (N-methyl/N-ethyl adjacent to an activating group) is 1. The molecular formula is C15H20N4O2S. The van der Waals surface area contributed by atoms with Crippen molar-refractivity contribution in [3.63, 3.8) is 0 Å². The van der Waals surface area contributed by atoms with E-state index < -0.39 is 0 Å². The van der Waals surface area contributed by atoms with Crippen LogP contribution in [0.15, 0.2) is 18.2 Å². The van der Waals surface area contributed by atoms with Gasteiger partial charge in [0.25, 0.3) is 0 Å². The summed E-state index contributed by atoms with van der Waals surface area (Å²) in [5, 5.41) is 2.94. The number of carbonyl (C=O) groups is 1. The van der Waals surface area contributed by atoms with Gasteiger partial charge in [-0.3, -0.25) is 9.69 Å². The maximum absolute atomic E-state index is 11.9. The van der Waals surface area contributed by atoms with Crippen molar-refractivity contribution in [2.75, 3.05) is 26.7 Å². The van der Waals surface area contributed by atoms with Gasteiger partial charge in [-0.25, -0.2) is 0 Å². The summed E-state index contributed by atoms with van der Waals surface area (Å²) in [6.45, 7) is 2.51. The quantitative estimate of drug-likeness (QED) is 0.872. The molecule has 6 nitrogen and oxygen atoms in total. The molecule has 3 rings (SSSR count). The Morgan fingerprint density at radius 2 is 2.32 bits per heavy atom. The molecule has 1 atom stereocenters. The summed E-state index contributed by atoms with van der Waals surface area (Å²) in [6, 6.07) is 6.03. The van der Waals surface area contributed by atoms with Gasteiger partial charge in [-0.2, -0.15) is 8.75 Å². The fourth-order valence-corrected chi connectivity index (χ4v) is 3.15. The van der Waals surface area contributed by atoms with Crippen LogP contribution in [0.5, 0.6) is 0 Å². The van der Waals surface area contributed by atoms with E-state index in [0.29, 0.717) is 19.6 Å². The van der Waals surface area contributed by atoms with Gasteiger partial charge < -0.3 is 10.1 Å². The SMILES string of the molecule is CN(CC(=O)NCC1CCCO1)Cc1ccc2nsnc2c1. The summed E-state index contributed by atoms with van der Waals surface area (Å²) in [6.07, 6.45) is 2.32. The first-order valence-electron chi connectivity index (χ1n) is 7.49. The second-order valence-electron chi connectivity index (χ2n) is 5.70. The van der Waals surface area contributed by atoms with Crippen LogP contribution in [0, 0.1) is 0 Å². The monoisotopic (exact) mass is 320 g/mol. The standard InChI is InChI=1S/C15H20N4O2S/c1-19(10-15(20)16-8-12-3-2-6-21-12)9-11-4-5-13-14(7-11)18-22-17-13/h4-5,7,12H,2-3,6,8-10H2,1H3,(H,16,20). The van der Waals surface area contributed by atoms with Crippen molar-refractivity contribution in [3.05, 3.63) is 23.8 Å². The lowest BCUT2D eigenvalue weighted by molar-refractivity contribution is -0.122. The van der Waals surface area contributed by atoms with Crippen LogP contribution in [0.3, 0.4) is 0 Å². The normalized spacial score (nSPS) is 18.2. The number of benzene rings is 1. The summed E-state index contributed by atoms with van der Waals surface area (Å²) in [5.74, 6) is 0.0365.